The van der Waals surface area contributed by atoms with Gasteiger partial charge in [0.2, 0.25) is 0 Å². The van der Waals surface area contributed by atoms with Crippen molar-refractivity contribution < 1.29 is 19.8 Å². The Balaban J connectivity index is 2.82. The van der Waals surface area contributed by atoms with Crippen molar-refractivity contribution in [1.29, 1.82) is 0 Å². The standard InChI is InChI=1S/C13H16O4/c1-8-6-7-9(2)13(17)12(8)10(14)4-3-5-11(15)16/h6-7,17H,3-5H2,1-2H3,(H,15,16). The highest BCUT2D eigenvalue weighted by molar-refractivity contribution is 6.00. The number of aromatic hydroxyl groups is 1. The van der Waals surface area contributed by atoms with Crippen LogP contribution in [0.5, 0.6) is 5.75 Å². The minimum absolute atomic E-state index is 0.00493. The molecule has 0 aliphatic carbocycles. The van der Waals surface area contributed by atoms with Gasteiger partial charge >= 0.3 is 5.97 Å². The second-order valence-corrected chi connectivity index (χ2v) is 4.09. The highest BCUT2D eigenvalue weighted by Crippen LogP contribution is 2.26. The molecule has 0 bridgehead atoms. The Morgan fingerprint density at radius 3 is 2.29 bits per heavy atom. The number of hydrogen-bond acceptors (Lipinski definition) is 3. The molecule has 4 nitrogen and oxygen atoms in total. The van der Waals surface area contributed by atoms with Gasteiger partial charge in [-0.2, -0.15) is 0 Å². The van der Waals surface area contributed by atoms with Gasteiger partial charge in [0.25, 0.3) is 0 Å². The van der Waals surface area contributed by atoms with Crippen LogP contribution in [0.15, 0.2) is 12.1 Å². The van der Waals surface area contributed by atoms with E-state index >= 15 is 0 Å². The number of aryl methyl sites for hydroxylation is 2. The Bertz CT molecular complexity index is 449. The van der Waals surface area contributed by atoms with Crippen LogP contribution in [0.25, 0.3) is 0 Å². The fraction of sp³-hybridized carbons (Fsp3) is 0.385. The first-order chi connectivity index (χ1) is 7.93. The van der Waals surface area contributed by atoms with Crippen LogP contribution in [-0.2, 0) is 4.79 Å². The molecule has 92 valence electrons. The van der Waals surface area contributed by atoms with Gasteiger partial charge in [-0.15, -0.1) is 0 Å². The van der Waals surface area contributed by atoms with E-state index in [1.807, 2.05) is 0 Å². The Hall–Kier alpha value is -1.84. The van der Waals surface area contributed by atoms with Crippen molar-refractivity contribution in [2.24, 2.45) is 0 Å². The van der Waals surface area contributed by atoms with E-state index in [2.05, 4.69) is 0 Å². The molecule has 1 aromatic rings. The van der Waals surface area contributed by atoms with Crippen molar-refractivity contribution in [3.05, 3.63) is 28.8 Å². The van der Waals surface area contributed by atoms with Crippen molar-refractivity contribution in [2.75, 3.05) is 0 Å². The second kappa shape index (κ2) is 5.48. The average Bonchev–Trinajstić information content (AvgIpc) is 2.23. The minimum atomic E-state index is -0.914. The van der Waals surface area contributed by atoms with E-state index in [9.17, 15) is 14.7 Å². The SMILES string of the molecule is Cc1ccc(C)c(C(=O)CCCC(=O)O)c1O. The van der Waals surface area contributed by atoms with Crippen LogP contribution in [0.4, 0.5) is 0 Å². The summed E-state index contributed by atoms with van der Waals surface area (Å²) in [5, 5.41) is 18.3. The maximum Gasteiger partial charge on any atom is 0.303 e. The van der Waals surface area contributed by atoms with Gasteiger partial charge in [-0.1, -0.05) is 12.1 Å². The maximum atomic E-state index is 11.9. The van der Waals surface area contributed by atoms with Crippen molar-refractivity contribution in [1.82, 2.24) is 0 Å². The van der Waals surface area contributed by atoms with E-state index in [-0.39, 0.29) is 24.4 Å². The van der Waals surface area contributed by atoms with Gasteiger partial charge in [-0.25, -0.2) is 0 Å². The summed E-state index contributed by atoms with van der Waals surface area (Å²) in [4.78, 5) is 22.2. The van der Waals surface area contributed by atoms with Gasteiger partial charge in [-0.3, -0.25) is 9.59 Å². The zero-order chi connectivity index (χ0) is 13.0. The lowest BCUT2D eigenvalue weighted by atomic mass is 9.97. The van der Waals surface area contributed by atoms with Crippen LogP contribution in [0.1, 0.15) is 40.7 Å². The number of carbonyl (C=O) groups excluding carboxylic acids is 1. The number of rotatable bonds is 5. The Labute approximate surface area is 99.9 Å². The molecule has 17 heavy (non-hydrogen) atoms. The molecule has 0 amide bonds. The summed E-state index contributed by atoms with van der Waals surface area (Å²) in [5.74, 6) is -1.11. The van der Waals surface area contributed by atoms with Crippen molar-refractivity contribution in [3.63, 3.8) is 0 Å². The Morgan fingerprint density at radius 2 is 1.71 bits per heavy atom. The van der Waals surface area contributed by atoms with Gasteiger partial charge in [-0.05, 0) is 31.4 Å². The second-order valence-electron chi connectivity index (χ2n) is 4.09. The van der Waals surface area contributed by atoms with E-state index in [1.54, 1.807) is 26.0 Å². The fourth-order valence-electron chi connectivity index (χ4n) is 1.67. The van der Waals surface area contributed by atoms with Gasteiger partial charge in [0.15, 0.2) is 5.78 Å². The number of Topliss-reactive ketones (excluding diaryl/α,β-unsaturated/α-hetero) is 1. The minimum Gasteiger partial charge on any atom is -0.507 e. The smallest absolute Gasteiger partial charge is 0.303 e. The van der Waals surface area contributed by atoms with Crippen molar-refractivity contribution >= 4 is 11.8 Å². The first-order valence-corrected chi connectivity index (χ1v) is 5.47. The predicted molar refractivity (Wildman–Crippen MR) is 63.4 cm³/mol. The van der Waals surface area contributed by atoms with Gasteiger partial charge in [0, 0.05) is 12.8 Å². The molecule has 0 aromatic heterocycles. The number of phenols is 1. The molecule has 0 unspecified atom stereocenters. The van der Waals surface area contributed by atoms with E-state index < -0.39 is 5.97 Å². The van der Waals surface area contributed by atoms with Crippen molar-refractivity contribution in [3.8, 4) is 5.75 Å². The molecule has 0 heterocycles. The molecule has 0 aliphatic heterocycles. The van der Waals surface area contributed by atoms with Crippen LogP contribution in [-0.4, -0.2) is 22.0 Å². The van der Waals surface area contributed by atoms with E-state index in [0.717, 1.165) is 0 Å². The maximum absolute atomic E-state index is 11.9. The first kappa shape index (κ1) is 13.2. The molecule has 2 N–H and O–H groups in total. The Kier molecular flexibility index (Phi) is 4.26. The molecule has 0 saturated heterocycles. The molecule has 4 heteroatoms. The summed E-state index contributed by atoms with van der Waals surface area (Å²) < 4.78 is 0. The number of carboxylic acids is 1. The lowest BCUT2D eigenvalue weighted by Gasteiger charge is -2.09. The number of aliphatic carboxylic acids is 1. The molecule has 1 aromatic carbocycles. The number of carboxylic acid groups (broad SMARTS) is 1. The number of hydrogen-bond donors (Lipinski definition) is 2. The van der Waals surface area contributed by atoms with Gasteiger partial charge < -0.3 is 10.2 Å². The monoisotopic (exact) mass is 236 g/mol. The van der Waals surface area contributed by atoms with E-state index in [0.29, 0.717) is 23.1 Å². The summed E-state index contributed by atoms with van der Waals surface area (Å²) in [5.41, 5.74) is 1.68. The Morgan fingerprint density at radius 1 is 1.12 bits per heavy atom. The highest BCUT2D eigenvalue weighted by Gasteiger charge is 2.15. The molecule has 1 rings (SSSR count). The third-order valence-electron chi connectivity index (χ3n) is 2.66. The van der Waals surface area contributed by atoms with Crippen LogP contribution >= 0.6 is 0 Å². The first-order valence-electron chi connectivity index (χ1n) is 5.47. The van der Waals surface area contributed by atoms with Crippen LogP contribution in [0.3, 0.4) is 0 Å². The third kappa shape index (κ3) is 3.31. The van der Waals surface area contributed by atoms with Crippen molar-refractivity contribution in [2.45, 2.75) is 33.1 Å². The van der Waals surface area contributed by atoms with Crippen LogP contribution < -0.4 is 0 Å². The summed E-state index contributed by atoms with van der Waals surface area (Å²) in [6.07, 6.45) is 0.405. The lowest BCUT2D eigenvalue weighted by molar-refractivity contribution is -0.137. The zero-order valence-electron chi connectivity index (χ0n) is 9.99. The molecule has 0 spiro atoms. The average molecular weight is 236 g/mol. The predicted octanol–water partition coefficient (Wildman–Crippen LogP) is 2.45. The molecule has 0 radical (unpaired) electrons. The highest BCUT2D eigenvalue weighted by atomic mass is 16.4. The van der Waals surface area contributed by atoms with Crippen LogP contribution in [0.2, 0.25) is 0 Å². The molecule has 0 aliphatic rings. The molecule has 0 atom stereocenters. The molecule has 0 saturated carbocycles. The normalized spacial score (nSPS) is 10.2. The van der Waals surface area contributed by atoms with Crippen LogP contribution in [0, 0.1) is 13.8 Å². The number of ketones is 1. The quantitative estimate of drug-likeness (QED) is 0.770. The zero-order valence-corrected chi connectivity index (χ0v) is 9.99. The molecular formula is C13H16O4. The van der Waals surface area contributed by atoms with E-state index in [1.165, 1.54) is 0 Å². The van der Waals surface area contributed by atoms with Gasteiger partial charge in [0.1, 0.15) is 5.75 Å². The number of benzene rings is 1. The summed E-state index contributed by atoms with van der Waals surface area (Å²) in [6.45, 7) is 3.48. The fourth-order valence-corrected chi connectivity index (χ4v) is 1.67. The van der Waals surface area contributed by atoms with E-state index in [4.69, 9.17) is 5.11 Å². The lowest BCUT2D eigenvalue weighted by Crippen LogP contribution is -2.05. The largest absolute Gasteiger partial charge is 0.507 e. The third-order valence-corrected chi connectivity index (χ3v) is 2.66. The number of carbonyl (C=O) groups is 2. The molecular weight excluding hydrogens is 220 g/mol. The molecule has 0 fully saturated rings. The summed E-state index contributed by atoms with van der Waals surface area (Å²) in [7, 11) is 0. The topological polar surface area (TPSA) is 74.6 Å². The van der Waals surface area contributed by atoms with Gasteiger partial charge in [0.05, 0.1) is 5.56 Å². The summed E-state index contributed by atoms with van der Waals surface area (Å²) >= 11 is 0. The summed E-state index contributed by atoms with van der Waals surface area (Å²) in [6, 6.07) is 3.53. The number of phenolic OH excluding ortho intramolecular Hbond substituents is 1.